The van der Waals surface area contributed by atoms with Gasteiger partial charge < -0.3 is 10.0 Å². The molecule has 0 spiro atoms. The van der Waals surface area contributed by atoms with Gasteiger partial charge in [0, 0.05) is 18.8 Å². The Morgan fingerprint density at radius 2 is 2.12 bits per heavy atom. The van der Waals surface area contributed by atoms with Gasteiger partial charge in [-0.15, -0.1) is 0 Å². The average Bonchev–Trinajstić information content (AvgIpc) is 2.64. The molecule has 0 heterocycles. The normalized spacial score (nSPS) is 10.5. The second kappa shape index (κ2) is 9.23. The minimum Gasteiger partial charge on any atom is -0.507 e. The number of aryl methyl sites for hydroxylation is 1. The molecule has 0 saturated heterocycles. The zero-order chi connectivity index (χ0) is 18.9. The van der Waals surface area contributed by atoms with E-state index in [1.165, 1.54) is 12.1 Å². The van der Waals surface area contributed by atoms with E-state index >= 15 is 0 Å². The van der Waals surface area contributed by atoms with Gasteiger partial charge >= 0.3 is 0 Å². The van der Waals surface area contributed by atoms with Gasteiger partial charge in [0.2, 0.25) is 0 Å². The molecule has 26 heavy (non-hydrogen) atoms. The molecule has 2 aromatic carbocycles. The molecule has 2 aromatic rings. The van der Waals surface area contributed by atoms with Crippen molar-refractivity contribution in [1.29, 1.82) is 5.26 Å². The van der Waals surface area contributed by atoms with Crippen molar-refractivity contribution >= 4 is 17.8 Å². The number of anilines is 1. The lowest BCUT2D eigenvalue weighted by molar-refractivity contribution is 0.0952. The third-order valence-corrected chi connectivity index (χ3v) is 4.01. The molecule has 0 bridgehead atoms. The van der Waals surface area contributed by atoms with Crippen LogP contribution in [-0.4, -0.2) is 30.3 Å². The topological polar surface area (TPSA) is 88.7 Å². The quantitative estimate of drug-likeness (QED) is 0.593. The Bertz CT molecular complexity index is 840. The Morgan fingerprint density at radius 3 is 2.77 bits per heavy atom. The maximum absolute atomic E-state index is 12.0. The number of aromatic hydroxyl groups is 1. The number of phenolic OH excluding ortho intramolecular Hbond substituents is 1. The maximum atomic E-state index is 12.0. The van der Waals surface area contributed by atoms with Crippen LogP contribution in [0.15, 0.2) is 47.6 Å². The second-order valence-corrected chi connectivity index (χ2v) is 5.74. The number of nitrogens with one attached hydrogen (secondary N) is 1. The van der Waals surface area contributed by atoms with Gasteiger partial charge in [0.25, 0.3) is 5.91 Å². The van der Waals surface area contributed by atoms with Crippen LogP contribution >= 0.6 is 0 Å². The number of rotatable bonds is 7. The molecule has 0 atom stereocenters. The van der Waals surface area contributed by atoms with Crippen LogP contribution in [0, 0.1) is 18.3 Å². The first-order valence-electron chi connectivity index (χ1n) is 8.40. The van der Waals surface area contributed by atoms with Crippen LogP contribution < -0.4 is 10.3 Å². The Hall–Kier alpha value is -3.33. The molecule has 0 saturated carbocycles. The van der Waals surface area contributed by atoms with Gasteiger partial charge in [0.1, 0.15) is 5.75 Å². The van der Waals surface area contributed by atoms with Crippen molar-refractivity contribution in [3.8, 4) is 11.8 Å². The highest BCUT2D eigenvalue weighted by Crippen LogP contribution is 2.19. The van der Waals surface area contributed by atoms with Gasteiger partial charge in [-0.1, -0.05) is 18.2 Å². The van der Waals surface area contributed by atoms with E-state index in [4.69, 9.17) is 5.26 Å². The molecule has 0 aliphatic rings. The molecule has 1 amide bonds. The molecule has 6 nitrogen and oxygen atoms in total. The number of hydrogen-bond acceptors (Lipinski definition) is 5. The fourth-order valence-corrected chi connectivity index (χ4v) is 2.54. The molecule has 0 aliphatic carbocycles. The van der Waals surface area contributed by atoms with Gasteiger partial charge in [-0.3, -0.25) is 4.79 Å². The fraction of sp³-hybridized carbons (Fsp3) is 0.250. The fourth-order valence-electron chi connectivity index (χ4n) is 2.54. The van der Waals surface area contributed by atoms with Gasteiger partial charge in [-0.2, -0.15) is 10.4 Å². The summed E-state index contributed by atoms with van der Waals surface area (Å²) in [7, 11) is 0. The van der Waals surface area contributed by atoms with Crippen LogP contribution in [0.5, 0.6) is 5.75 Å². The van der Waals surface area contributed by atoms with E-state index in [1.54, 1.807) is 18.3 Å². The standard InChI is InChI=1S/C20H22N4O2/c1-3-24(12-6-11-21)17-10-9-16(15(2)13-17)14-22-23-20(26)18-7-4-5-8-19(18)25/h4-5,7-10,13-14,25H,3,6,12H2,1-2H3,(H,23,26)/b22-14-. The van der Waals surface area contributed by atoms with Crippen LogP contribution in [0.4, 0.5) is 5.69 Å². The van der Waals surface area contributed by atoms with Gasteiger partial charge in [0.15, 0.2) is 0 Å². The Morgan fingerprint density at radius 1 is 1.35 bits per heavy atom. The number of para-hydroxylation sites is 1. The number of phenols is 1. The van der Waals surface area contributed by atoms with E-state index in [-0.39, 0.29) is 11.3 Å². The lowest BCUT2D eigenvalue weighted by atomic mass is 10.1. The van der Waals surface area contributed by atoms with Crippen molar-refractivity contribution in [2.24, 2.45) is 5.10 Å². The van der Waals surface area contributed by atoms with Gasteiger partial charge in [-0.25, -0.2) is 5.43 Å². The molecule has 0 aromatic heterocycles. The predicted octanol–water partition coefficient (Wildman–Crippen LogP) is 3.20. The summed E-state index contributed by atoms with van der Waals surface area (Å²) in [6, 6.07) is 14.4. The summed E-state index contributed by atoms with van der Waals surface area (Å²) in [6.07, 6.45) is 2.05. The van der Waals surface area contributed by atoms with E-state index in [1.807, 2.05) is 25.1 Å². The van der Waals surface area contributed by atoms with E-state index < -0.39 is 5.91 Å². The summed E-state index contributed by atoms with van der Waals surface area (Å²) in [5.74, 6) is -0.556. The van der Waals surface area contributed by atoms with E-state index in [0.717, 1.165) is 23.4 Å². The molecule has 0 unspecified atom stereocenters. The zero-order valence-corrected chi connectivity index (χ0v) is 14.9. The van der Waals surface area contributed by atoms with Crippen molar-refractivity contribution in [1.82, 2.24) is 5.43 Å². The lowest BCUT2D eigenvalue weighted by Crippen LogP contribution is -2.23. The highest BCUT2D eigenvalue weighted by Gasteiger charge is 2.09. The number of hydrazone groups is 1. The number of hydrogen-bond donors (Lipinski definition) is 2. The monoisotopic (exact) mass is 350 g/mol. The first-order chi connectivity index (χ1) is 12.6. The average molecular weight is 350 g/mol. The third kappa shape index (κ3) is 4.84. The minimum atomic E-state index is -0.470. The molecule has 134 valence electrons. The summed E-state index contributed by atoms with van der Waals surface area (Å²) in [6.45, 7) is 5.53. The SMILES string of the molecule is CCN(CCC#N)c1ccc(/C=N\NC(=O)c2ccccc2O)c(C)c1. The number of carbonyl (C=O) groups excluding carboxylic acids is 1. The maximum Gasteiger partial charge on any atom is 0.275 e. The molecule has 6 heteroatoms. The van der Waals surface area contributed by atoms with E-state index in [0.29, 0.717) is 13.0 Å². The minimum absolute atomic E-state index is 0.0854. The van der Waals surface area contributed by atoms with E-state index in [9.17, 15) is 9.90 Å². The molecular weight excluding hydrogens is 328 g/mol. The van der Waals surface area contributed by atoms with Gasteiger partial charge in [-0.05, 0) is 49.2 Å². The number of amides is 1. The Kier molecular flexibility index (Phi) is 6.75. The van der Waals surface area contributed by atoms with E-state index in [2.05, 4.69) is 28.4 Å². The van der Waals surface area contributed by atoms with Crippen molar-refractivity contribution in [2.75, 3.05) is 18.0 Å². The van der Waals surface area contributed by atoms with Crippen molar-refractivity contribution < 1.29 is 9.90 Å². The Balaban J connectivity index is 2.05. The molecule has 2 N–H and O–H groups in total. The largest absolute Gasteiger partial charge is 0.507 e. The lowest BCUT2D eigenvalue weighted by Gasteiger charge is -2.22. The molecule has 0 aliphatic heterocycles. The third-order valence-electron chi connectivity index (χ3n) is 4.01. The first kappa shape index (κ1) is 19.0. The smallest absolute Gasteiger partial charge is 0.275 e. The Labute approximate surface area is 153 Å². The predicted molar refractivity (Wildman–Crippen MR) is 102 cm³/mol. The van der Waals surface area contributed by atoms with Crippen LogP contribution in [0.1, 0.15) is 34.8 Å². The first-order valence-corrected chi connectivity index (χ1v) is 8.40. The number of carbonyl (C=O) groups is 1. The highest BCUT2D eigenvalue weighted by molar-refractivity contribution is 5.97. The molecule has 0 radical (unpaired) electrons. The molecular formula is C20H22N4O2. The molecule has 2 rings (SSSR count). The summed E-state index contributed by atoms with van der Waals surface area (Å²) < 4.78 is 0. The highest BCUT2D eigenvalue weighted by atomic mass is 16.3. The summed E-state index contributed by atoms with van der Waals surface area (Å²) in [5, 5.41) is 22.4. The second-order valence-electron chi connectivity index (χ2n) is 5.74. The van der Waals surface area contributed by atoms with Crippen LogP contribution in [0.3, 0.4) is 0 Å². The number of benzene rings is 2. The number of nitrogens with zero attached hydrogens (tertiary/aromatic N) is 3. The van der Waals surface area contributed by atoms with Crippen LogP contribution in [0.25, 0.3) is 0 Å². The molecule has 0 fully saturated rings. The summed E-state index contributed by atoms with van der Waals surface area (Å²) in [5.41, 5.74) is 5.53. The van der Waals surface area contributed by atoms with Crippen molar-refractivity contribution in [2.45, 2.75) is 20.3 Å². The summed E-state index contributed by atoms with van der Waals surface area (Å²) in [4.78, 5) is 14.1. The van der Waals surface area contributed by atoms with Crippen molar-refractivity contribution in [3.63, 3.8) is 0 Å². The van der Waals surface area contributed by atoms with Crippen LogP contribution in [0.2, 0.25) is 0 Å². The van der Waals surface area contributed by atoms with Gasteiger partial charge in [0.05, 0.1) is 24.3 Å². The van der Waals surface area contributed by atoms with Crippen LogP contribution in [-0.2, 0) is 0 Å². The zero-order valence-electron chi connectivity index (χ0n) is 14.9. The number of nitriles is 1. The summed E-state index contributed by atoms with van der Waals surface area (Å²) >= 11 is 0. The van der Waals surface area contributed by atoms with Crippen molar-refractivity contribution in [3.05, 3.63) is 59.2 Å².